The molecule has 0 unspecified atom stereocenters. The number of halogens is 1. The summed E-state index contributed by atoms with van der Waals surface area (Å²) in [7, 11) is -2.09. The van der Waals surface area contributed by atoms with E-state index >= 15 is 0 Å². The summed E-state index contributed by atoms with van der Waals surface area (Å²) >= 11 is 7.44. The second-order valence-electron chi connectivity index (χ2n) is 3.75. The summed E-state index contributed by atoms with van der Waals surface area (Å²) in [5, 5.41) is 4.05. The number of sulfonamides is 1. The maximum Gasteiger partial charge on any atom is 0.240 e. The van der Waals surface area contributed by atoms with Crippen LogP contribution in [-0.4, -0.2) is 15.5 Å². The summed E-state index contributed by atoms with van der Waals surface area (Å²) in [4.78, 5) is 0.119. The van der Waals surface area contributed by atoms with Crippen molar-refractivity contribution in [1.29, 1.82) is 0 Å². The number of hydrogen-bond donors (Lipinski definition) is 1. The quantitative estimate of drug-likeness (QED) is 0.922. The van der Waals surface area contributed by atoms with E-state index in [2.05, 4.69) is 4.72 Å². The average molecular weight is 318 g/mol. The third-order valence-corrected chi connectivity index (χ3v) is 4.91. The van der Waals surface area contributed by atoms with E-state index in [0.29, 0.717) is 5.75 Å². The Hall–Kier alpha value is -1.08. The molecule has 2 rings (SSSR count). The summed E-state index contributed by atoms with van der Waals surface area (Å²) in [6.07, 6.45) is 0. The van der Waals surface area contributed by atoms with Crippen LogP contribution in [0.5, 0.6) is 5.75 Å². The fourth-order valence-electron chi connectivity index (χ4n) is 1.47. The summed E-state index contributed by atoms with van der Waals surface area (Å²) < 4.78 is 31.7. The summed E-state index contributed by atoms with van der Waals surface area (Å²) in [6.45, 7) is 0.259. The van der Waals surface area contributed by atoms with E-state index in [0.717, 1.165) is 5.56 Å². The Labute approximate surface area is 121 Å². The molecule has 1 aromatic carbocycles. The molecular weight excluding hydrogens is 306 g/mol. The van der Waals surface area contributed by atoms with Gasteiger partial charge < -0.3 is 4.74 Å². The van der Waals surface area contributed by atoms with E-state index in [1.54, 1.807) is 0 Å². The highest BCUT2D eigenvalue weighted by Gasteiger charge is 2.15. The number of ether oxygens (including phenoxy) is 1. The smallest absolute Gasteiger partial charge is 0.240 e. The Kier molecular flexibility index (Phi) is 4.46. The molecule has 0 spiro atoms. The highest BCUT2D eigenvalue weighted by molar-refractivity contribution is 7.89. The van der Waals surface area contributed by atoms with E-state index in [-0.39, 0.29) is 16.5 Å². The second kappa shape index (κ2) is 5.92. The van der Waals surface area contributed by atoms with E-state index in [1.807, 2.05) is 16.8 Å². The summed E-state index contributed by atoms with van der Waals surface area (Å²) in [5.41, 5.74) is 0.924. The van der Waals surface area contributed by atoms with Gasteiger partial charge in [0.2, 0.25) is 10.0 Å². The molecule has 1 heterocycles. The van der Waals surface area contributed by atoms with Gasteiger partial charge >= 0.3 is 0 Å². The maximum absolute atomic E-state index is 12.1. The van der Waals surface area contributed by atoms with Crippen LogP contribution in [0.1, 0.15) is 5.56 Å². The van der Waals surface area contributed by atoms with Gasteiger partial charge in [-0.1, -0.05) is 11.6 Å². The first-order chi connectivity index (χ1) is 9.03. The van der Waals surface area contributed by atoms with Crippen LogP contribution in [0.3, 0.4) is 0 Å². The lowest BCUT2D eigenvalue weighted by Gasteiger charge is -2.08. The monoisotopic (exact) mass is 317 g/mol. The highest BCUT2D eigenvalue weighted by atomic mass is 35.5. The Balaban J connectivity index is 2.17. The predicted molar refractivity (Wildman–Crippen MR) is 76.3 cm³/mol. The largest absolute Gasteiger partial charge is 0.495 e. The van der Waals surface area contributed by atoms with E-state index in [1.165, 1.54) is 36.6 Å². The second-order valence-corrected chi connectivity index (χ2v) is 6.71. The Morgan fingerprint density at radius 1 is 1.37 bits per heavy atom. The SMILES string of the molecule is COc1ccc(S(=O)(=O)NCc2ccsc2)cc1Cl. The van der Waals surface area contributed by atoms with Crippen molar-refractivity contribution in [3.05, 3.63) is 45.6 Å². The molecule has 0 fully saturated rings. The van der Waals surface area contributed by atoms with Gasteiger partial charge in [0.1, 0.15) is 5.75 Å². The number of rotatable bonds is 5. The van der Waals surface area contributed by atoms with Crippen molar-refractivity contribution in [2.24, 2.45) is 0 Å². The number of benzene rings is 1. The molecule has 1 N–H and O–H groups in total. The van der Waals surface area contributed by atoms with Gasteiger partial charge in [0.05, 0.1) is 17.0 Å². The molecule has 0 amide bonds. The van der Waals surface area contributed by atoms with E-state index < -0.39 is 10.0 Å². The van der Waals surface area contributed by atoms with Gasteiger partial charge in [-0.3, -0.25) is 0 Å². The van der Waals surface area contributed by atoms with Crippen molar-refractivity contribution >= 4 is 33.0 Å². The Morgan fingerprint density at radius 3 is 2.74 bits per heavy atom. The van der Waals surface area contributed by atoms with Crippen molar-refractivity contribution in [3.63, 3.8) is 0 Å². The Bertz CT molecular complexity index is 654. The number of nitrogens with one attached hydrogen (secondary N) is 1. The number of hydrogen-bond acceptors (Lipinski definition) is 4. The fourth-order valence-corrected chi connectivity index (χ4v) is 3.50. The van der Waals surface area contributed by atoms with Gasteiger partial charge in [-0.2, -0.15) is 11.3 Å². The van der Waals surface area contributed by atoms with Gasteiger partial charge in [-0.05, 0) is 40.6 Å². The van der Waals surface area contributed by atoms with Crippen LogP contribution in [0.25, 0.3) is 0 Å². The van der Waals surface area contributed by atoms with E-state index in [9.17, 15) is 8.42 Å². The summed E-state index contributed by atoms with van der Waals surface area (Å²) in [5.74, 6) is 0.443. The molecule has 0 atom stereocenters. The number of thiophene rings is 1. The first-order valence-electron chi connectivity index (χ1n) is 5.37. The minimum Gasteiger partial charge on any atom is -0.495 e. The number of methoxy groups -OCH3 is 1. The van der Waals surface area contributed by atoms with Crippen molar-refractivity contribution in [2.45, 2.75) is 11.4 Å². The lowest BCUT2D eigenvalue weighted by Crippen LogP contribution is -2.22. The maximum atomic E-state index is 12.1. The van der Waals surface area contributed by atoms with Crippen LogP contribution < -0.4 is 9.46 Å². The van der Waals surface area contributed by atoms with Gasteiger partial charge in [0, 0.05) is 6.54 Å². The standard InChI is InChI=1S/C12H12ClNO3S2/c1-17-12-3-2-10(6-11(12)13)19(15,16)14-7-9-4-5-18-8-9/h2-6,8,14H,7H2,1H3. The highest BCUT2D eigenvalue weighted by Crippen LogP contribution is 2.26. The Morgan fingerprint density at radius 2 is 2.16 bits per heavy atom. The van der Waals surface area contributed by atoms with E-state index in [4.69, 9.17) is 16.3 Å². The van der Waals surface area contributed by atoms with Crippen molar-refractivity contribution in [3.8, 4) is 5.75 Å². The van der Waals surface area contributed by atoms with Crippen molar-refractivity contribution in [1.82, 2.24) is 4.72 Å². The zero-order valence-electron chi connectivity index (χ0n) is 10.1. The predicted octanol–water partition coefficient (Wildman–Crippen LogP) is 2.89. The molecule has 2 aromatic rings. The molecule has 1 aromatic heterocycles. The molecule has 19 heavy (non-hydrogen) atoms. The van der Waals surface area contributed by atoms with Crippen LogP contribution in [0.2, 0.25) is 5.02 Å². The zero-order valence-corrected chi connectivity index (χ0v) is 12.5. The molecule has 4 nitrogen and oxygen atoms in total. The molecule has 0 aliphatic heterocycles. The van der Waals surface area contributed by atoms with Crippen LogP contribution in [0.4, 0.5) is 0 Å². The lowest BCUT2D eigenvalue weighted by atomic mass is 10.3. The molecule has 0 bridgehead atoms. The third-order valence-electron chi connectivity index (χ3n) is 2.48. The average Bonchev–Trinajstić information content (AvgIpc) is 2.89. The fraction of sp³-hybridized carbons (Fsp3) is 0.167. The molecule has 0 aliphatic rings. The van der Waals surface area contributed by atoms with Gasteiger partial charge in [-0.15, -0.1) is 0 Å². The minimum atomic E-state index is -3.57. The molecule has 7 heteroatoms. The normalized spacial score (nSPS) is 11.5. The molecule has 102 valence electrons. The first-order valence-corrected chi connectivity index (χ1v) is 8.17. The lowest BCUT2D eigenvalue weighted by molar-refractivity contribution is 0.414. The van der Waals surface area contributed by atoms with Gasteiger partial charge in [0.15, 0.2) is 0 Å². The van der Waals surface area contributed by atoms with Crippen molar-refractivity contribution in [2.75, 3.05) is 7.11 Å². The molecule has 0 saturated heterocycles. The first kappa shape index (κ1) is 14.3. The topological polar surface area (TPSA) is 55.4 Å². The zero-order chi connectivity index (χ0) is 13.9. The van der Waals surface area contributed by atoms with Crippen LogP contribution in [0, 0.1) is 0 Å². The summed E-state index contributed by atoms with van der Waals surface area (Å²) in [6, 6.07) is 6.23. The molecule has 0 aliphatic carbocycles. The van der Waals surface area contributed by atoms with Crippen LogP contribution in [0.15, 0.2) is 39.9 Å². The third kappa shape index (κ3) is 3.48. The van der Waals surface area contributed by atoms with Crippen LogP contribution >= 0.6 is 22.9 Å². The van der Waals surface area contributed by atoms with Crippen molar-refractivity contribution < 1.29 is 13.2 Å². The van der Waals surface area contributed by atoms with Gasteiger partial charge in [0.25, 0.3) is 0 Å². The minimum absolute atomic E-state index is 0.119. The van der Waals surface area contributed by atoms with Crippen LogP contribution in [-0.2, 0) is 16.6 Å². The molecule has 0 saturated carbocycles. The molecular formula is C12H12ClNO3S2. The molecule has 0 radical (unpaired) electrons. The van der Waals surface area contributed by atoms with Gasteiger partial charge in [-0.25, -0.2) is 13.1 Å².